The standard InChI is InChI=1S/C16H19ClN2O2/c1-11-4-3-5-12(2)19(11)16(20)10-21-15-7-6-13(9-18)8-14(15)17/h6-8,11-12H,3-5,10H2,1-2H3/t11-,12-/m1/s1. The molecular weight excluding hydrogens is 288 g/mol. The highest BCUT2D eigenvalue weighted by atomic mass is 35.5. The van der Waals surface area contributed by atoms with Gasteiger partial charge in [0, 0.05) is 12.1 Å². The number of piperidine rings is 1. The lowest BCUT2D eigenvalue weighted by atomic mass is 9.97. The maximum absolute atomic E-state index is 12.3. The lowest BCUT2D eigenvalue weighted by Gasteiger charge is -2.39. The third-order valence-corrected chi connectivity index (χ3v) is 4.19. The molecule has 2 atom stereocenters. The zero-order valence-electron chi connectivity index (χ0n) is 12.3. The lowest BCUT2D eigenvalue weighted by molar-refractivity contribution is -0.139. The summed E-state index contributed by atoms with van der Waals surface area (Å²) in [6, 6.07) is 7.29. The van der Waals surface area contributed by atoms with E-state index < -0.39 is 0 Å². The predicted octanol–water partition coefficient (Wildman–Crippen LogP) is 3.38. The fraction of sp³-hybridized carbons (Fsp3) is 0.500. The van der Waals surface area contributed by atoms with Gasteiger partial charge in [-0.25, -0.2) is 0 Å². The van der Waals surface area contributed by atoms with Gasteiger partial charge in [0.2, 0.25) is 0 Å². The van der Waals surface area contributed by atoms with Crippen LogP contribution >= 0.6 is 11.6 Å². The van der Waals surface area contributed by atoms with E-state index in [1.807, 2.05) is 11.0 Å². The van der Waals surface area contributed by atoms with Crippen LogP contribution in [0.5, 0.6) is 5.75 Å². The van der Waals surface area contributed by atoms with Gasteiger partial charge in [-0.15, -0.1) is 0 Å². The molecular formula is C16H19ClN2O2. The first-order chi connectivity index (χ1) is 10.0. The number of benzene rings is 1. The second-order valence-electron chi connectivity index (χ2n) is 5.48. The van der Waals surface area contributed by atoms with Crippen molar-refractivity contribution in [1.82, 2.24) is 4.90 Å². The Balaban J connectivity index is 1.99. The van der Waals surface area contributed by atoms with E-state index in [1.54, 1.807) is 12.1 Å². The van der Waals surface area contributed by atoms with Crippen LogP contribution in [-0.2, 0) is 4.79 Å². The minimum absolute atomic E-state index is 0.0184. The highest BCUT2D eigenvalue weighted by molar-refractivity contribution is 6.32. The minimum atomic E-state index is -0.0275. The highest BCUT2D eigenvalue weighted by Crippen LogP contribution is 2.26. The van der Waals surface area contributed by atoms with Crippen molar-refractivity contribution in [2.75, 3.05) is 6.61 Å². The third kappa shape index (κ3) is 3.68. The van der Waals surface area contributed by atoms with E-state index >= 15 is 0 Å². The molecule has 1 aliphatic rings. The Kier molecular flexibility index (Phi) is 5.08. The van der Waals surface area contributed by atoms with Gasteiger partial charge in [0.1, 0.15) is 5.75 Å². The summed E-state index contributed by atoms with van der Waals surface area (Å²) < 4.78 is 5.52. The molecule has 1 saturated heterocycles. The van der Waals surface area contributed by atoms with Gasteiger partial charge in [0.05, 0.1) is 16.7 Å². The molecule has 1 heterocycles. The van der Waals surface area contributed by atoms with E-state index in [9.17, 15) is 4.79 Å². The molecule has 4 nitrogen and oxygen atoms in total. The molecule has 0 bridgehead atoms. The van der Waals surface area contributed by atoms with Crippen LogP contribution < -0.4 is 4.74 Å². The molecule has 1 amide bonds. The monoisotopic (exact) mass is 306 g/mol. The Labute approximate surface area is 130 Å². The van der Waals surface area contributed by atoms with Crippen LogP contribution in [0.25, 0.3) is 0 Å². The first-order valence-corrected chi connectivity index (χ1v) is 7.54. The SMILES string of the molecule is C[C@@H]1CCC[C@@H](C)N1C(=O)COc1ccc(C#N)cc1Cl. The van der Waals surface area contributed by atoms with Crippen LogP contribution in [0.3, 0.4) is 0 Å². The van der Waals surface area contributed by atoms with E-state index in [4.69, 9.17) is 21.6 Å². The van der Waals surface area contributed by atoms with Gasteiger partial charge < -0.3 is 9.64 Å². The van der Waals surface area contributed by atoms with Crippen LogP contribution in [0.2, 0.25) is 5.02 Å². The largest absolute Gasteiger partial charge is 0.482 e. The molecule has 0 N–H and O–H groups in total. The Hall–Kier alpha value is -1.73. The summed E-state index contributed by atoms with van der Waals surface area (Å²) in [6.07, 6.45) is 3.23. The van der Waals surface area contributed by atoms with Gasteiger partial charge in [-0.05, 0) is 51.3 Å². The van der Waals surface area contributed by atoms with Gasteiger partial charge in [0.25, 0.3) is 5.91 Å². The van der Waals surface area contributed by atoms with Crippen molar-refractivity contribution in [1.29, 1.82) is 5.26 Å². The number of likely N-dealkylation sites (tertiary alicyclic amines) is 1. The number of halogens is 1. The molecule has 1 aromatic rings. The van der Waals surface area contributed by atoms with Gasteiger partial charge in [-0.2, -0.15) is 5.26 Å². The first kappa shape index (κ1) is 15.7. The topological polar surface area (TPSA) is 53.3 Å². The van der Waals surface area contributed by atoms with Gasteiger partial charge in [-0.1, -0.05) is 11.6 Å². The molecule has 0 saturated carbocycles. The third-order valence-electron chi connectivity index (χ3n) is 3.89. The number of nitriles is 1. The summed E-state index contributed by atoms with van der Waals surface area (Å²) in [5, 5.41) is 9.14. The van der Waals surface area contributed by atoms with E-state index in [2.05, 4.69) is 13.8 Å². The molecule has 21 heavy (non-hydrogen) atoms. The number of carbonyl (C=O) groups excluding carboxylic acids is 1. The Bertz CT molecular complexity index is 558. The van der Waals surface area contributed by atoms with Crippen LogP contribution in [0.1, 0.15) is 38.7 Å². The molecule has 1 aromatic carbocycles. The van der Waals surface area contributed by atoms with Crippen molar-refractivity contribution in [3.63, 3.8) is 0 Å². The maximum Gasteiger partial charge on any atom is 0.260 e. The average molecular weight is 307 g/mol. The second kappa shape index (κ2) is 6.82. The number of rotatable bonds is 3. The minimum Gasteiger partial charge on any atom is -0.482 e. The Morgan fingerprint density at radius 2 is 2.10 bits per heavy atom. The molecule has 2 rings (SSSR count). The van der Waals surface area contributed by atoms with Crippen molar-refractivity contribution in [3.8, 4) is 11.8 Å². The molecule has 0 aromatic heterocycles. The van der Waals surface area contributed by atoms with Crippen molar-refractivity contribution < 1.29 is 9.53 Å². The summed E-state index contributed by atoms with van der Waals surface area (Å²) in [5.41, 5.74) is 0.469. The number of carbonyl (C=O) groups is 1. The average Bonchev–Trinajstić information content (AvgIpc) is 2.45. The van der Waals surface area contributed by atoms with Crippen molar-refractivity contribution >= 4 is 17.5 Å². The van der Waals surface area contributed by atoms with Gasteiger partial charge in [0.15, 0.2) is 6.61 Å². The maximum atomic E-state index is 12.3. The van der Waals surface area contributed by atoms with Crippen molar-refractivity contribution in [2.24, 2.45) is 0 Å². The van der Waals surface area contributed by atoms with Gasteiger partial charge >= 0.3 is 0 Å². The molecule has 1 aliphatic heterocycles. The summed E-state index contributed by atoms with van der Waals surface area (Å²) in [4.78, 5) is 14.2. The van der Waals surface area contributed by atoms with E-state index in [1.165, 1.54) is 6.07 Å². The van der Waals surface area contributed by atoms with Crippen LogP contribution in [0, 0.1) is 11.3 Å². The number of nitrogens with zero attached hydrogens (tertiary/aromatic N) is 2. The zero-order chi connectivity index (χ0) is 15.4. The first-order valence-electron chi connectivity index (χ1n) is 7.16. The molecule has 0 radical (unpaired) electrons. The molecule has 5 heteroatoms. The summed E-state index contributed by atoms with van der Waals surface area (Å²) >= 11 is 6.03. The van der Waals surface area contributed by atoms with E-state index in [0.29, 0.717) is 16.3 Å². The summed E-state index contributed by atoms with van der Waals surface area (Å²) in [7, 11) is 0. The zero-order valence-corrected chi connectivity index (χ0v) is 13.1. The van der Waals surface area contributed by atoms with Crippen LogP contribution in [0.15, 0.2) is 18.2 Å². The predicted molar refractivity (Wildman–Crippen MR) is 81.3 cm³/mol. The fourth-order valence-corrected chi connectivity index (χ4v) is 3.05. The summed E-state index contributed by atoms with van der Waals surface area (Å²) in [5.74, 6) is 0.413. The normalized spacial score (nSPS) is 21.7. The highest BCUT2D eigenvalue weighted by Gasteiger charge is 2.29. The lowest BCUT2D eigenvalue weighted by Crippen LogP contribution is -2.49. The van der Waals surface area contributed by atoms with Crippen molar-refractivity contribution in [3.05, 3.63) is 28.8 Å². The smallest absolute Gasteiger partial charge is 0.260 e. The number of hydrogen-bond acceptors (Lipinski definition) is 3. The van der Waals surface area contributed by atoms with Crippen LogP contribution in [-0.4, -0.2) is 29.5 Å². The molecule has 112 valence electrons. The van der Waals surface area contributed by atoms with Crippen LogP contribution in [0.4, 0.5) is 0 Å². The number of hydrogen-bond donors (Lipinski definition) is 0. The summed E-state index contributed by atoms with van der Waals surface area (Å²) in [6.45, 7) is 4.12. The Morgan fingerprint density at radius 3 is 2.67 bits per heavy atom. The number of amides is 1. The van der Waals surface area contributed by atoms with E-state index in [-0.39, 0.29) is 24.6 Å². The Morgan fingerprint density at radius 1 is 1.43 bits per heavy atom. The second-order valence-corrected chi connectivity index (χ2v) is 5.88. The molecule has 0 spiro atoms. The van der Waals surface area contributed by atoms with Gasteiger partial charge in [-0.3, -0.25) is 4.79 Å². The molecule has 0 unspecified atom stereocenters. The van der Waals surface area contributed by atoms with Crippen molar-refractivity contribution in [2.45, 2.75) is 45.2 Å². The quantitative estimate of drug-likeness (QED) is 0.860. The molecule has 1 fully saturated rings. The molecule has 0 aliphatic carbocycles. The fourth-order valence-electron chi connectivity index (χ4n) is 2.81. The van der Waals surface area contributed by atoms with E-state index in [0.717, 1.165) is 19.3 Å². The number of ether oxygens (including phenoxy) is 1.